The molecule has 0 amide bonds. The number of aryl methyl sites for hydroxylation is 1. The summed E-state index contributed by atoms with van der Waals surface area (Å²) in [6.07, 6.45) is 7.30. The van der Waals surface area contributed by atoms with Crippen molar-refractivity contribution in [3.8, 4) is 0 Å². The third-order valence-corrected chi connectivity index (χ3v) is 1.89. The van der Waals surface area contributed by atoms with E-state index in [0.717, 1.165) is 6.54 Å². The van der Waals surface area contributed by atoms with Crippen LogP contribution in [0.4, 0.5) is 0 Å². The quantitative estimate of drug-likeness (QED) is 0.569. The molecule has 0 aliphatic rings. The van der Waals surface area contributed by atoms with E-state index in [4.69, 9.17) is 0 Å². The standard InChI is InChI=1S/C7H10NS/c1-3-8-5-4-7(6-8)9-2/h4-5H,3H2,1-2H3. The van der Waals surface area contributed by atoms with Crippen LogP contribution in [0.1, 0.15) is 6.92 Å². The van der Waals surface area contributed by atoms with Gasteiger partial charge in [0.1, 0.15) is 0 Å². The topological polar surface area (TPSA) is 4.93 Å². The molecule has 1 radical (unpaired) electrons. The molecule has 1 nitrogen and oxygen atoms in total. The fourth-order valence-corrected chi connectivity index (χ4v) is 1.08. The minimum atomic E-state index is 1.01. The number of hydrogen-bond acceptors (Lipinski definition) is 1. The molecule has 0 unspecified atom stereocenters. The van der Waals surface area contributed by atoms with Crippen LogP contribution in [0.2, 0.25) is 0 Å². The molecule has 0 saturated carbocycles. The second-order valence-corrected chi connectivity index (χ2v) is 2.63. The minimum absolute atomic E-state index is 1.01. The van der Waals surface area contributed by atoms with Crippen LogP contribution in [-0.4, -0.2) is 10.8 Å². The van der Waals surface area contributed by atoms with Crippen molar-refractivity contribution in [2.24, 2.45) is 0 Å². The molecular formula is C7H10NS. The molecule has 9 heavy (non-hydrogen) atoms. The lowest BCUT2D eigenvalue weighted by molar-refractivity contribution is 0.759. The molecule has 1 aromatic rings. The zero-order chi connectivity index (χ0) is 6.69. The molecule has 0 aliphatic heterocycles. The average Bonchev–Trinajstić information content (AvgIpc) is 2.34. The van der Waals surface area contributed by atoms with Crippen LogP contribution in [0.15, 0.2) is 17.2 Å². The minimum Gasteiger partial charge on any atom is -0.346 e. The Morgan fingerprint density at radius 3 is 2.89 bits per heavy atom. The van der Waals surface area contributed by atoms with E-state index in [0.29, 0.717) is 0 Å². The van der Waals surface area contributed by atoms with Crippen molar-refractivity contribution < 1.29 is 0 Å². The zero-order valence-corrected chi connectivity index (χ0v) is 6.53. The highest BCUT2D eigenvalue weighted by molar-refractivity contribution is 7.98. The van der Waals surface area contributed by atoms with Crippen molar-refractivity contribution in [2.75, 3.05) is 6.26 Å². The Kier molecular flexibility index (Phi) is 2.22. The lowest BCUT2D eigenvalue weighted by Gasteiger charge is -1.90. The van der Waals surface area contributed by atoms with Crippen LogP contribution in [0.3, 0.4) is 0 Å². The second kappa shape index (κ2) is 2.97. The summed E-state index contributed by atoms with van der Waals surface area (Å²) in [6.45, 7) is 3.13. The van der Waals surface area contributed by atoms with E-state index < -0.39 is 0 Å². The third-order valence-electron chi connectivity index (χ3n) is 1.22. The van der Waals surface area contributed by atoms with Crippen molar-refractivity contribution in [1.82, 2.24) is 4.57 Å². The Morgan fingerprint density at radius 2 is 2.56 bits per heavy atom. The average molecular weight is 140 g/mol. The Bertz CT molecular complexity index is 162. The summed E-state index contributed by atoms with van der Waals surface area (Å²) in [5, 5.41) is 0. The van der Waals surface area contributed by atoms with Gasteiger partial charge >= 0.3 is 0 Å². The van der Waals surface area contributed by atoms with Crippen molar-refractivity contribution in [3.05, 3.63) is 18.5 Å². The molecular weight excluding hydrogens is 130 g/mol. The van der Waals surface area contributed by atoms with Crippen molar-refractivity contribution in [1.29, 1.82) is 0 Å². The van der Waals surface area contributed by atoms with Crippen LogP contribution in [-0.2, 0) is 6.54 Å². The largest absolute Gasteiger partial charge is 0.346 e. The number of thioether (sulfide) groups is 1. The molecule has 0 aromatic carbocycles. The van der Waals surface area contributed by atoms with Gasteiger partial charge in [0, 0.05) is 17.6 Å². The summed E-state index contributed by atoms with van der Waals surface area (Å²) >= 11 is 1.73. The summed E-state index contributed by atoms with van der Waals surface area (Å²) in [5.41, 5.74) is 0. The van der Waals surface area contributed by atoms with Gasteiger partial charge in [-0.05, 0) is 19.2 Å². The van der Waals surface area contributed by atoms with E-state index in [2.05, 4.69) is 25.4 Å². The summed E-state index contributed by atoms with van der Waals surface area (Å²) in [7, 11) is 0. The summed E-state index contributed by atoms with van der Waals surface area (Å²) in [4.78, 5) is 1.22. The molecule has 0 fully saturated rings. The van der Waals surface area contributed by atoms with Gasteiger partial charge in [0.2, 0.25) is 0 Å². The van der Waals surface area contributed by atoms with Gasteiger partial charge in [-0.3, -0.25) is 0 Å². The maximum absolute atomic E-state index is 3.19. The molecule has 0 saturated heterocycles. The SMILES string of the molecule is CCn1[c]c(SC)cc1. The number of aromatic nitrogens is 1. The maximum Gasteiger partial charge on any atom is 0.0797 e. The number of hydrogen-bond donors (Lipinski definition) is 0. The van der Waals surface area contributed by atoms with Gasteiger partial charge < -0.3 is 4.57 Å². The van der Waals surface area contributed by atoms with E-state index in [1.54, 1.807) is 11.8 Å². The predicted octanol–water partition coefficient (Wildman–Crippen LogP) is 2.03. The highest BCUT2D eigenvalue weighted by Crippen LogP contribution is 2.12. The van der Waals surface area contributed by atoms with Gasteiger partial charge in [-0.15, -0.1) is 11.8 Å². The lowest BCUT2D eigenvalue weighted by atomic mass is 10.7. The molecule has 49 valence electrons. The zero-order valence-electron chi connectivity index (χ0n) is 5.72. The second-order valence-electron chi connectivity index (χ2n) is 1.78. The predicted molar refractivity (Wildman–Crippen MR) is 40.7 cm³/mol. The Morgan fingerprint density at radius 1 is 1.78 bits per heavy atom. The molecule has 0 aliphatic carbocycles. The first-order valence-electron chi connectivity index (χ1n) is 2.99. The first kappa shape index (κ1) is 6.75. The van der Waals surface area contributed by atoms with E-state index in [1.165, 1.54) is 4.90 Å². The van der Waals surface area contributed by atoms with Crippen molar-refractivity contribution in [2.45, 2.75) is 18.4 Å². The summed E-state index contributed by atoms with van der Waals surface area (Å²) in [5.74, 6) is 0. The molecule has 0 atom stereocenters. The molecule has 1 heterocycles. The summed E-state index contributed by atoms with van der Waals surface area (Å²) < 4.78 is 2.05. The Labute approximate surface area is 60.1 Å². The normalized spacial score (nSPS) is 10.0. The molecule has 1 rings (SSSR count). The van der Waals surface area contributed by atoms with E-state index in [-0.39, 0.29) is 0 Å². The first-order chi connectivity index (χ1) is 4.36. The van der Waals surface area contributed by atoms with Crippen molar-refractivity contribution in [3.63, 3.8) is 0 Å². The van der Waals surface area contributed by atoms with Gasteiger partial charge in [-0.1, -0.05) is 0 Å². The van der Waals surface area contributed by atoms with Gasteiger partial charge in [-0.2, -0.15) is 0 Å². The number of rotatable bonds is 2. The number of nitrogens with zero attached hydrogens (tertiary/aromatic N) is 1. The molecule has 0 bridgehead atoms. The fraction of sp³-hybridized carbons (Fsp3) is 0.429. The van der Waals surface area contributed by atoms with Crippen LogP contribution < -0.4 is 0 Å². The Balaban J connectivity index is 2.74. The lowest BCUT2D eigenvalue weighted by Crippen LogP contribution is -1.86. The van der Waals surface area contributed by atoms with Crippen LogP contribution in [0.25, 0.3) is 0 Å². The monoisotopic (exact) mass is 140 g/mol. The van der Waals surface area contributed by atoms with E-state index >= 15 is 0 Å². The van der Waals surface area contributed by atoms with Gasteiger partial charge in [-0.25, -0.2) is 0 Å². The summed E-state index contributed by atoms with van der Waals surface area (Å²) in [6, 6.07) is 2.08. The maximum atomic E-state index is 3.19. The van der Waals surface area contributed by atoms with Crippen molar-refractivity contribution >= 4 is 11.8 Å². The van der Waals surface area contributed by atoms with E-state index in [9.17, 15) is 0 Å². The van der Waals surface area contributed by atoms with Crippen LogP contribution in [0.5, 0.6) is 0 Å². The smallest absolute Gasteiger partial charge is 0.0797 e. The highest BCUT2D eigenvalue weighted by Gasteiger charge is 1.91. The van der Waals surface area contributed by atoms with Crippen LogP contribution >= 0.6 is 11.8 Å². The van der Waals surface area contributed by atoms with Gasteiger partial charge in [0.15, 0.2) is 0 Å². The van der Waals surface area contributed by atoms with Gasteiger partial charge in [0.25, 0.3) is 0 Å². The third kappa shape index (κ3) is 1.52. The molecule has 2 heteroatoms. The first-order valence-corrected chi connectivity index (χ1v) is 4.21. The van der Waals surface area contributed by atoms with Gasteiger partial charge in [0.05, 0.1) is 6.20 Å². The highest BCUT2D eigenvalue weighted by atomic mass is 32.2. The molecule has 0 N–H and O–H groups in total. The van der Waals surface area contributed by atoms with Crippen LogP contribution in [0, 0.1) is 6.20 Å². The fourth-order valence-electron chi connectivity index (χ4n) is 0.672. The Hall–Kier alpha value is -0.370. The van der Waals surface area contributed by atoms with E-state index in [1.807, 2.05) is 10.8 Å². The molecule has 0 spiro atoms. The molecule has 1 aromatic heterocycles.